The van der Waals surface area contributed by atoms with Crippen LogP contribution in [0.25, 0.3) is 0 Å². The summed E-state index contributed by atoms with van der Waals surface area (Å²) >= 11 is 0. The van der Waals surface area contributed by atoms with E-state index in [4.69, 9.17) is 9.47 Å². The van der Waals surface area contributed by atoms with Crippen molar-refractivity contribution in [1.82, 2.24) is 4.90 Å². The molecule has 29 heavy (non-hydrogen) atoms. The number of fused-ring (bicyclic) bond motifs is 1. The number of nitrogens with zero attached hydrogens (tertiary/aromatic N) is 1. The number of anilines is 1. The van der Waals surface area contributed by atoms with Crippen LogP contribution in [-0.4, -0.2) is 44.0 Å². The fourth-order valence-corrected chi connectivity index (χ4v) is 4.21. The number of nitrogens with one attached hydrogen (secondary N) is 1. The molecule has 1 aliphatic heterocycles. The van der Waals surface area contributed by atoms with Crippen LogP contribution in [0.3, 0.4) is 0 Å². The molecule has 1 saturated carbocycles. The molecular weight excluding hydrogens is 368 g/mol. The lowest BCUT2D eigenvalue weighted by atomic mass is 9.77. The van der Waals surface area contributed by atoms with Crippen LogP contribution in [0.2, 0.25) is 0 Å². The van der Waals surface area contributed by atoms with E-state index in [1.54, 1.807) is 32.3 Å². The van der Waals surface area contributed by atoms with E-state index >= 15 is 0 Å². The Bertz CT molecular complexity index is 932. The Morgan fingerprint density at radius 3 is 2.41 bits per heavy atom. The SMILES string of the molecule is CN(C)C(=O)c1cccc(NC(=O)C2(c3ccc4c(c3)OCCO4)CCCC2)c1. The first-order chi connectivity index (χ1) is 14.0. The van der Waals surface area contributed by atoms with Crippen LogP contribution in [-0.2, 0) is 10.2 Å². The zero-order chi connectivity index (χ0) is 20.4. The van der Waals surface area contributed by atoms with E-state index in [-0.39, 0.29) is 11.8 Å². The van der Waals surface area contributed by atoms with Crippen LogP contribution < -0.4 is 14.8 Å². The third-order valence-corrected chi connectivity index (χ3v) is 5.76. The summed E-state index contributed by atoms with van der Waals surface area (Å²) in [4.78, 5) is 27.2. The number of hydrogen-bond donors (Lipinski definition) is 1. The van der Waals surface area contributed by atoms with Gasteiger partial charge in [-0.25, -0.2) is 0 Å². The molecule has 2 aromatic rings. The normalized spacial score (nSPS) is 16.9. The summed E-state index contributed by atoms with van der Waals surface area (Å²) in [6, 6.07) is 12.9. The van der Waals surface area contributed by atoms with Crippen LogP contribution >= 0.6 is 0 Å². The van der Waals surface area contributed by atoms with Crippen molar-refractivity contribution in [3.8, 4) is 11.5 Å². The molecule has 1 aliphatic carbocycles. The Morgan fingerprint density at radius 1 is 0.966 bits per heavy atom. The molecule has 2 aromatic carbocycles. The maximum absolute atomic E-state index is 13.4. The first kappa shape index (κ1) is 19.3. The lowest BCUT2D eigenvalue weighted by Crippen LogP contribution is -2.38. The molecule has 2 aliphatic rings. The van der Waals surface area contributed by atoms with Gasteiger partial charge in [0.05, 0.1) is 5.41 Å². The summed E-state index contributed by atoms with van der Waals surface area (Å²) < 4.78 is 11.4. The zero-order valence-electron chi connectivity index (χ0n) is 16.9. The third-order valence-electron chi connectivity index (χ3n) is 5.76. The molecule has 0 bridgehead atoms. The van der Waals surface area contributed by atoms with Gasteiger partial charge in [-0.2, -0.15) is 0 Å². The predicted molar refractivity (Wildman–Crippen MR) is 111 cm³/mol. The molecule has 0 atom stereocenters. The second-order valence-corrected chi connectivity index (χ2v) is 7.88. The van der Waals surface area contributed by atoms with Gasteiger partial charge in [-0.1, -0.05) is 25.0 Å². The molecule has 1 heterocycles. The monoisotopic (exact) mass is 394 g/mol. The van der Waals surface area contributed by atoms with Crippen molar-refractivity contribution in [3.05, 3.63) is 53.6 Å². The highest BCUT2D eigenvalue weighted by Gasteiger charge is 2.43. The van der Waals surface area contributed by atoms with Gasteiger partial charge in [-0.05, 0) is 48.7 Å². The summed E-state index contributed by atoms with van der Waals surface area (Å²) in [5.41, 5.74) is 1.54. The van der Waals surface area contributed by atoms with Crippen molar-refractivity contribution < 1.29 is 19.1 Å². The van der Waals surface area contributed by atoms with Gasteiger partial charge in [0.15, 0.2) is 11.5 Å². The second-order valence-electron chi connectivity index (χ2n) is 7.88. The number of amides is 2. The number of hydrogen-bond acceptors (Lipinski definition) is 4. The molecule has 0 radical (unpaired) electrons. The Morgan fingerprint density at radius 2 is 1.69 bits per heavy atom. The van der Waals surface area contributed by atoms with E-state index < -0.39 is 5.41 Å². The highest BCUT2D eigenvalue weighted by molar-refractivity contribution is 6.01. The van der Waals surface area contributed by atoms with E-state index in [1.165, 1.54) is 4.90 Å². The number of rotatable bonds is 4. The maximum Gasteiger partial charge on any atom is 0.253 e. The molecule has 0 aromatic heterocycles. The van der Waals surface area contributed by atoms with Gasteiger partial charge in [0.25, 0.3) is 5.91 Å². The minimum atomic E-state index is -0.600. The first-order valence-electron chi connectivity index (χ1n) is 10.0. The summed E-state index contributed by atoms with van der Waals surface area (Å²) in [6.07, 6.45) is 3.58. The molecule has 2 amide bonds. The number of ether oxygens (including phenoxy) is 2. The predicted octanol–water partition coefficient (Wildman–Crippen LogP) is 3.61. The largest absolute Gasteiger partial charge is 0.486 e. The van der Waals surface area contributed by atoms with Gasteiger partial charge in [0, 0.05) is 25.3 Å². The van der Waals surface area contributed by atoms with E-state index in [9.17, 15) is 9.59 Å². The smallest absolute Gasteiger partial charge is 0.253 e. The highest BCUT2D eigenvalue weighted by atomic mass is 16.6. The van der Waals surface area contributed by atoms with Crippen LogP contribution in [0.15, 0.2) is 42.5 Å². The fraction of sp³-hybridized carbons (Fsp3) is 0.391. The molecule has 1 N–H and O–H groups in total. The van der Waals surface area contributed by atoms with Crippen LogP contribution in [0, 0.1) is 0 Å². The summed E-state index contributed by atoms with van der Waals surface area (Å²) in [7, 11) is 3.42. The third kappa shape index (κ3) is 3.67. The van der Waals surface area contributed by atoms with Gasteiger partial charge >= 0.3 is 0 Å². The van der Waals surface area contributed by atoms with Crippen LogP contribution in [0.4, 0.5) is 5.69 Å². The average Bonchev–Trinajstić information content (AvgIpc) is 3.24. The standard InChI is InChI=1S/C23H26N2O4/c1-25(2)21(26)16-6-5-7-18(14-16)24-22(27)23(10-3-4-11-23)17-8-9-19-20(15-17)29-13-12-28-19/h5-9,14-15H,3-4,10-13H2,1-2H3,(H,24,27). The van der Waals surface area contributed by atoms with E-state index in [0.717, 1.165) is 37.0 Å². The molecule has 152 valence electrons. The van der Waals surface area contributed by atoms with Crippen molar-refractivity contribution in [3.63, 3.8) is 0 Å². The molecule has 0 unspecified atom stereocenters. The van der Waals surface area contributed by atoms with Crippen molar-refractivity contribution >= 4 is 17.5 Å². The van der Waals surface area contributed by atoms with Crippen molar-refractivity contribution in [2.24, 2.45) is 0 Å². The summed E-state index contributed by atoms with van der Waals surface area (Å²) in [5, 5.41) is 3.06. The lowest BCUT2D eigenvalue weighted by molar-refractivity contribution is -0.121. The van der Waals surface area contributed by atoms with E-state index in [1.807, 2.05) is 24.3 Å². The number of carbonyl (C=O) groups excluding carboxylic acids is 2. The van der Waals surface area contributed by atoms with Gasteiger partial charge in [0.2, 0.25) is 5.91 Å². The summed E-state index contributed by atoms with van der Waals surface area (Å²) in [5.74, 6) is 1.29. The topological polar surface area (TPSA) is 67.9 Å². The molecular formula is C23H26N2O4. The second kappa shape index (κ2) is 7.78. The quantitative estimate of drug-likeness (QED) is 0.860. The fourth-order valence-electron chi connectivity index (χ4n) is 4.21. The zero-order valence-corrected chi connectivity index (χ0v) is 16.9. The number of benzene rings is 2. The van der Waals surface area contributed by atoms with Gasteiger partial charge < -0.3 is 19.7 Å². The Balaban J connectivity index is 1.62. The van der Waals surface area contributed by atoms with Crippen molar-refractivity contribution in [2.75, 3.05) is 32.6 Å². The Kier molecular flexibility index (Phi) is 5.18. The Labute approximate surface area is 170 Å². The lowest BCUT2D eigenvalue weighted by Gasteiger charge is -2.30. The van der Waals surface area contributed by atoms with Gasteiger partial charge in [-0.3, -0.25) is 9.59 Å². The minimum Gasteiger partial charge on any atom is -0.486 e. The number of carbonyl (C=O) groups is 2. The van der Waals surface area contributed by atoms with Crippen molar-refractivity contribution in [1.29, 1.82) is 0 Å². The molecule has 6 heteroatoms. The van der Waals surface area contributed by atoms with Gasteiger partial charge in [-0.15, -0.1) is 0 Å². The molecule has 0 saturated heterocycles. The molecule has 0 spiro atoms. The van der Waals surface area contributed by atoms with Crippen LogP contribution in [0.1, 0.15) is 41.6 Å². The van der Waals surface area contributed by atoms with Gasteiger partial charge in [0.1, 0.15) is 13.2 Å². The van der Waals surface area contributed by atoms with Crippen LogP contribution in [0.5, 0.6) is 11.5 Å². The van der Waals surface area contributed by atoms with E-state index in [0.29, 0.717) is 30.2 Å². The highest BCUT2D eigenvalue weighted by Crippen LogP contribution is 2.45. The minimum absolute atomic E-state index is 0.0406. The maximum atomic E-state index is 13.4. The Hall–Kier alpha value is -3.02. The van der Waals surface area contributed by atoms with E-state index in [2.05, 4.69) is 5.32 Å². The molecule has 6 nitrogen and oxygen atoms in total. The average molecular weight is 394 g/mol. The van der Waals surface area contributed by atoms with Crippen molar-refractivity contribution in [2.45, 2.75) is 31.1 Å². The molecule has 1 fully saturated rings. The summed E-state index contributed by atoms with van der Waals surface area (Å²) in [6.45, 7) is 1.06. The first-order valence-corrected chi connectivity index (χ1v) is 10.0. The molecule has 4 rings (SSSR count).